The third-order valence-corrected chi connectivity index (χ3v) is 6.59. The maximum Gasteiger partial charge on any atom is 0.333 e. The van der Waals surface area contributed by atoms with E-state index in [9.17, 15) is 43.5 Å². The molecule has 0 radical (unpaired) electrons. The van der Waals surface area contributed by atoms with E-state index in [4.69, 9.17) is 0 Å². The first-order chi connectivity index (χ1) is 20.6. The number of carbonyl (C=O) groups excluding carboxylic acids is 8. The maximum absolute atomic E-state index is 13.1. The van der Waals surface area contributed by atoms with Crippen LogP contribution in [0.4, 0.5) is 19.2 Å². The predicted octanol–water partition coefficient (Wildman–Crippen LogP) is 0.546. The molecule has 0 aromatic heterocycles. The van der Waals surface area contributed by atoms with Crippen molar-refractivity contribution in [2.45, 2.75) is 78.0 Å². The molecule has 2 atom stereocenters. The summed E-state index contributed by atoms with van der Waals surface area (Å²) >= 11 is 0. The van der Waals surface area contributed by atoms with Crippen molar-refractivity contribution in [2.75, 3.05) is 35.2 Å². The second-order valence-corrected chi connectivity index (χ2v) is 11.5. The number of aliphatic hydroxyl groups is 1. The number of carbonyl (C=O) groups is 8. The molecule has 0 heterocycles. The summed E-state index contributed by atoms with van der Waals surface area (Å²) < 4.78 is 0. The minimum Gasteiger partial charge on any atom is -0.390 e. The Labute approximate surface area is 263 Å². The first-order valence-corrected chi connectivity index (χ1v) is 14.2. The van der Waals surface area contributed by atoms with Crippen molar-refractivity contribution in [2.24, 2.45) is 5.92 Å². The fraction of sp³-hybridized carbons (Fsp3) is 0.643. The Morgan fingerprint density at radius 1 is 0.778 bits per heavy atom. The quantitative estimate of drug-likeness (QED) is 0.188. The summed E-state index contributed by atoms with van der Waals surface area (Å²) in [5.41, 5.74) is -1.75. The zero-order valence-electron chi connectivity index (χ0n) is 27.8. The van der Waals surface area contributed by atoms with Gasteiger partial charge in [-0.15, -0.1) is 0 Å². The van der Waals surface area contributed by atoms with Gasteiger partial charge >= 0.3 is 24.1 Å². The SMILES string of the molecule is C=C(C(=O)N(C)[C@@H](CC(C)(C)O)C(=O)NC(=O)N(C)C(=O)NC(=O)NC(=O)N(C)[C@@H](CC(C)C)C(=O)NC)N(C)C(=O)CCC. The normalized spacial score (nSPS) is 12.2. The van der Waals surface area contributed by atoms with Crippen molar-refractivity contribution in [3.8, 4) is 0 Å². The highest BCUT2D eigenvalue weighted by Gasteiger charge is 2.36. The molecule has 17 heteroatoms. The standard InChI is InChI=1S/C28H48N8O9/c1-12-13-20(37)33(8)17(4)23(40)34(9)19(15-28(5,6)45)22(39)30-25(42)36(11)27(44)32-24(41)31-26(43)35(10)18(14-16(2)3)21(38)29-7/h16,18-19,45H,4,12-15H2,1-3,5-11H3,(H,29,38)(H,30,39,42)(H2,31,32,41,43,44)/t18-,19-/m0/s1. The molecule has 0 aliphatic heterocycles. The van der Waals surface area contributed by atoms with Crippen molar-refractivity contribution in [1.82, 2.24) is 40.9 Å². The Balaban J connectivity index is 5.58. The van der Waals surface area contributed by atoms with E-state index in [1.54, 1.807) is 12.2 Å². The molecule has 0 rings (SSSR count). The molecule has 0 unspecified atom stereocenters. The molecule has 0 aromatic rings. The van der Waals surface area contributed by atoms with E-state index in [0.29, 0.717) is 11.3 Å². The summed E-state index contributed by atoms with van der Waals surface area (Å²) in [4.78, 5) is 104. The van der Waals surface area contributed by atoms with Gasteiger partial charge in [-0.25, -0.2) is 24.1 Å². The second kappa shape index (κ2) is 17.7. The fourth-order valence-corrected chi connectivity index (χ4v) is 3.86. The van der Waals surface area contributed by atoms with Gasteiger partial charge in [-0.1, -0.05) is 27.4 Å². The van der Waals surface area contributed by atoms with Crippen molar-refractivity contribution < 1.29 is 43.5 Å². The Bertz CT molecular complexity index is 1170. The van der Waals surface area contributed by atoms with E-state index in [0.717, 1.165) is 21.7 Å². The number of likely N-dealkylation sites (N-methyl/N-ethyl adjacent to an activating group) is 4. The molecule has 0 aliphatic rings. The summed E-state index contributed by atoms with van der Waals surface area (Å²) in [6, 6.07) is -7.31. The first kappa shape index (κ1) is 40.5. The van der Waals surface area contributed by atoms with Crippen LogP contribution in [-0.4, -0.2) is 125 Å². The lowest BCUT2D eigenvalue weighted by molar-refractivity contribution is -0.140. The lowest BCUT2D eigenvalue weighted by atomic mass is 9.97. The van der Waals surface area contributed by atoms with E-state index in [-0.39, 0.29) is 36.8 Å². The molecule has 254 valence electrons. The van der Waals surface area contributed by atoms with Crippen LogP contribution in [0.25, 0.3) is 0 Å². The van der Waals surface area contributed by atoms with Gasteiger partial charge in [0, 0.05) is 48.1 Å². The zero-order chi connectivity index (χ0) is 35.4. The molecular formula is C28H48N8O9. The highest BCUT2D eigenvalue weighted by molar-refractivity contribution is 6.08. The van der Waals surface area contributed by atoms with Gasteiger partial charge in [-0.3, -0.25) is 35.1 Å². The number of hydrogen-bond donors (Lipinski definition) is 5. The minimum absolute atomic E-state index is 0.0314. The van der Waals surface area contributed by atoms with Crippen LogP contribution in [0.1, 0.15) is 60.3 Å². The van der Waals surface area contributed by atoms with E-state index in [1.165, 1.54) is 42.0 Å². The molecule has 0 spiro atoms. The van der Waals surface area contributed by atoms with Crippen LogP contribution in [0, 0.1) is 5.92 Å². The molecule has 12 amide bonds. The van der Waals surface area contributed by atoms with Gasteiger partial charge in [0.15, 0.2) is 0 Å². The lowest BCUT2D eigenvalue weighted by Crippen LogP contribution is -2.57. The summed E-state index contributed by atoms with van der Waals surface area (Å²) in [7, 11) is 6.19. The summed E-state index contributed by atoms with van der Waals surface area (Å²) in [5.74, 6) is -2.72. The van der Waals surface area contributed by atoms with Gasteiger partial charge in [-0.2, -0.15) is 0 Å². The molecule has 0 aromatic carbocycles. The number of imide groups is 4. The number of nitrogens with one attached hydrogen (secondary N) is 4. The summed E-state index contributed by atoms with van der Waals surface area (Å²) in [5, 5.41) is 18.4. The molecular weight excluding hydrogens is 592 g/mol. The molecule has 0 aliphatic carbocycles. The highest BCUT2D eigenvalue weighted by Crippen LogP contribution is 2.18. The second-order valence-electron chi connectivity index (χ2n) is 11.5. The van der Waals surface area contributed by atoms with Crippen LogP contribution < -0.4 is 21.3 Å². The van der Waals surface area contributed by atoms with E-state index in [1.807, 2.05) is 24.5 Å². The Kier molecular flexibility index (Phi) is 15.9. The predicted molar refractivity (Wildman–Crippen MR) is 163 cm³/mol. The van der Waals surface area contributed by atoms with Crippen molar-refractivity contribution in [3.63, 3.8) is 0 Å². The van der Waals surface area contributed by atoms with Crippen LogP contribution in [0.5, 0.6) is 0 Å². The van der Waals surface area contributed by atoms with Gasteiger partial charge < -0.3 is 25.1 Å². The van der Waals surface area contributed by atoms with Crippen LogP contribution in [0.2, 0.25) is 0 Å². The van der Waals surface area contributed by atoms with Crippen LogP contribution in [0.3, 0.4) is 0 Å². The smallest absolute Gasteiger partial charge is 0.333 e. The lowest BCUT2D eigenvalue weighted by Gasteiger charge is -2.33. The van der Waals surface area contributed by atoms with Crippen molar-refractivity contribution >= 4 is 47.8 Å². The largest absolute Gasteiger partial charge is 0.390 e. The highest BCUT2D eigenvalue weighted by atomic mass is 16.3. The van der Waals surface area contributed by atoms with Gasteiger partial charge in [0.25, 0.3) is 11.8 Å². The summed E-state index contributed by atoms with van der Waals surface area (Å²) in [6.45, 7) is 11.8. The first-order valence-electron chi connectivity index (χ1n) is 14.2. The molecule has 0 bridgehead atoms. The summed E-state index contributed by atoms with van der Waals surface area (Å²) in [6.07, 6.45) is 0.619. The topological polar surface area (TPSA) is 218 Å². The van der Waals surface area contributed by atoms with Gasteiger partial charge in [0.05, 0.1) is 5.60 Å². The van der Waals surface area contributed by atoms with Crippen LogP contribution in [-0.2, 0) is 19.2 Å². The molecule has 45 heavy (non-hydrogen) atoms. The number of urea groups is 4. The number of nitrogens with zero attached hydrogens (tertiary/aromatic N) is 4. The van der Waals surface area contributed by atoms with E-state index in [2.05, 4.69) is 11.9 Å². The van der Waals surface area contributed by atoms with Crippen molar-refractivity contribution in [1.29, 1.82) is 0 Å². The Morgan fingerprint density at radius 3 is 1.76 bits per heavy atom. The number of hydrogen-bond acceptors (Lipinski definition) is 9. The fourth-order valence-electron chi connectivity index (χ4n) is 3.86. The van der Waals surface area contributed by atoms with Gasteiger partial charge in [0.2, 0.25) is 11.8 Å². The molecule has 5 N–H and O–H groups in total. The van der Waals surface area contributed by atoms with E-state index < -0.39 is 59.5 Å². The third-order valence-electron chi connectivity index (χ3n) is 6.59. The monoisotopic (exact) mass is 640 g/mol. The Hall–Kier alpha value is -4.54. The molecule has 0 saturated heterocycles. The Morgan fingerprint density at radius 2 is 1.29 bits per heavy atom. The van der Waals surface area contributed by atoms with E-state index >= 15 is 0 Å². The average Bonchev–Trinajstić information content (AvgIpc) is 2.94. The maximum atomic E-state index is 13.1. The van der Waals surface area contributed by atoms with Crippen LogP contribution in [0.15, 0.2) is 12.3 Å². The third kappa shape index (κ3) is 12.9. The van der Waals surface area contributed by atoms with Crippen molar-refractivity contribution in [3.05, 3.63) is 12.3 Å². The molecule has 0 saturated carbocycles. The molecule has 17 nitrogen and oxygen atoms in total. The van der Waals surface area contributed by atoms with Gasteiger partial charge in [0.1, 0.15) is 17.8 Å². The average molecular weight is 641 g/mol. The van der Waals surface area contributed by atoms with Crippen LogP contribution >= 0.6 is 0 Å². The minimum atomic E-state index is -1.50. The number of rotatable bonds is 12. The van der Waals surface area contributed by atoms with Gasteiger partial charge in [-0.05, 0) is 32.6 Å². The number of amides is 12. The zero-order valence-corrected chi connectivity index (χ0v) is 27.8. The molecule has 0 fully saturated rings.